The molecule has 1 amide bonds. The third-order valence-corrected chi connectivity index (χ3v) is 2.57. The Hall–Kier alpha value is -1.26. The SMILES string of the molecule is CCCCOC(=O)C(NC(=O)OCC(C)(C)C)C(C)C. The molecule has 118 valence electrons. The Morgan fingerprint density at radius 2 is 1.75 bits per heavy atom. The van der Waals surface area contributed by atoms with Gasteiger partial charge in [-0.2, -0.15) is 0 Å². The van der Waals surface area contributed by atoms with Gasteiger partial charge >= 0.3 is 12.1 Å². The Balaban J connectivity index is 4.32. The van der Waals surface area contributed by atoms with Crippen molar-refractivity contribution in [3.8, 4) is 0 Å². The number of nitrogens with one attached hydrogen (secondary N) is 1. The van der Waals surface area contributed by atoms with Crippen molar-refractivity contribution in [3.63, 3.8) is 0 Å². The zero-order valence-corrected chi connectivity index (χ0v) is 13.6. The summed E-state index contributed by atoms with van der Waals surface area (Å²) in [5.41, 5.74) is -0.105. The van der Waals surface area contributed by atoms with Gasteiger partial charge in [0.25, 0.3) is 0 Å². The van der Waals surface area contributed by atoms with Gasteiger partial charge in [-0.25, -0.2) is 9.59 Å². The topological polar surface area (TPSA) is 64.6 Å². The molecule has 0 fully saturated rings. The largest absolute Gasteiger partial charge is 0.464 e. The maximum absolute atomic E-state index is 11.9. The first-order valence-corrected chi connectivity index (χ1v) is 7.27. The van der Waals surface area contributed by atoms with Crippen LogP contribution in [0.4, 0.5) is 4.79 Å². The lowest BCUT2D eigenvalue weighted by Gasteiger charge is -2.22. The van der Waals surface area contributed by atoms with Gasteiger partial charge in [-0.3, -0.25) is 0 Å². The van der Waals surface area contributed by atoms with E-state index in [0.29, 0.717) is 13.2 Å². The van der Waals surface area contributed by atoms with Crippen molar-refractivity contribution in [1.29, 1.82) is 0 Å². The number of carbonyl (C=O) groups is 2. The van der Waals surface area contributed by atoms with Crippen molar-refractivity contribution >= 4 is 12.1 Å². The Labute approximate surface area is 122 Å². The molecule has 0 heterocycles. The Morgan fingerprint density at radius 1 is 1.15 bits per heavy atom. The fourth-order valence-corrected chi connectivity index (χ4v) is 1.36. The number of carbonyl (C=O) groups excluding carboxylic acids is 2. The molecule has 0 aliphatic rings. The van der Waals surface area contributed by atoms with E-state index in [1.807, 2.05) is 41.5 Å². The second kappa shape index (κ2) is 8.82. The molecular formula is C15H29NO4. The lowest BCUT2D eigenvalue weighted by Crippen LogP contribution is -2.46. The predicted octanol–water partition coefficient (Wildman–Crippen LogP) is 3.13. The average molecular weight is 287 g/mol. The van der Waals surface area contributed by atoms with E-state index >= 15 is 0 Å². The van der Waals surface area contributed by atoms with Gasteiger partial charge in [-0.1, -0.05) is 48.0 Å². The summed E-state index contributed by atoms with van der Waals surface area (Å²) in [7, 11) is 0. The van der Waals surface area contributed by atoms with Crippen molar-refractivity contribution in [2.45, 2.75) is 60.4 Å². The van der Waals surface area contributed by atoms with Crippen molar-refractivity contribution < 1.29 is 19.1 Å². The van der Waals surface area contributed by atoms with Crippen LogP contribution in [0, 0.1) is 11.3 Å². The Morgan fingerprint density at radius 3 is 2.20 bits per heavy atom. The second-order valence-corrected chi connectivity index (χ2v) is 6.52. The molecule has 0 saturated heterocycles. The average Bonchev–Trinajstić information content (AvgIpc) is 2.32. The summed E-state index contributed by atoms with van der Waals surface area (Å²) in [6.45, 7) is 12.3. The van der Waals surface area contributed by atoms with Crippen molar-refractivity contribution in [1.82, 2.24) is 5.32 Å². The molecule has 0 aliphatic carbocycles. The number of alkyl carbamates (subject to hydrolysis) is 1. The first kappa shape index (κ1) is 18.7. The van der Waals surface area contributed by atoms with Crippen LogP contribution >= 0.6 is 0 Å². The molecule has 0 aliphatic heterocycles. The van der Waals surface area contributed by atoms with Crippen LogP contribution < -0.4 is 5.32 Å². The van der Waals surface area contributed by atoms with Crippen LogP contribution in [-0.4, -0.2) is 31.3 Å². The van der Waals surface area contributed by atoms with Gasteiger partial charge in [0, 0.05) is 0 Å². The molecule has 5 heteroatoms. The molecular weight excluding hydrogens is 258 g/mol. The minimum absolute atomic E-state index is 0.0497. The maximum Gasteiger partial charge on any atom is 0.407 e. The number of esters is 1. The molecule has 1 unspecified atom stereocenters. The molecule has 1 N–H and O–H groups in total. The zero-order chi connectivity index (χ0) is 15.8. The number of hydrogen-bond acceptors (Lipinski definition) is 4. The van der Waals surface area contributed by atoms with Gasteiger partial charge in [0.05, 0.1) is 13.2 Å². The van der Waals surface area contributed by atoms with Crippen molar-refractivity contribution in [2.24, 2.45) is 11.3 Å². The lowest BCUT2D eigenvalue weighted by molar-refractivity contribution is -0.147. The van der Waals surface area contributed by atoms with Gasteiger partial charge in [0.15, 0.2) is 0 Å². The van der Waals surface area contributed by atoms with Crippen LogP contribution in [0.2, 0.25) is 0 Å². The van der Waals surface area contributed by atoms with Gasteiger partial charge in [-0.05, 0) is 17.8 Å². The molecule has 0 bridgehead atoms. The predicted molar refractivity (Wildman–Crippen MR) is 78.4 cm³/mol. The van der Waals surface area contributed by atoms with E-state index in [4.69, 9.17) is 9.47 Å². The van der Waals surface area contributed by atoms with Gasteiger partial charge in [0.2, 0.25) is 0 Å². The summed E-state index contributed by atoms with van der Waals surface area (Å²) < 4.78 is 10.2. The number of unbranched alkanes of at least 4 members (excludes halogenated alkanes) is 1. The van der Waals surface area contributed by atoms with E-state index in [-0.39, 0.29) is 11.3 Å². The van der Waals surface area contributed by atoms with E-state index in [9.17, 15) is 9.59 Å². The smallest absolute Gasteiger partial charge is 0.407 e. The minimum atomic E-state index is -0.667. The molecule has 5 nitrogen and oxygen atoms in total. The summed E-state index contributed by atoms with van der Waals surface area (Å²) >= 11 is 0. The summed E-state index contributed by atoms with van der Waals surface area (Å²) in [6.07, 6.45) is 1.21. The fraction of sp³-hybridized carbons (Fsp3) is 0.867. The quantitative estimate of drug-likeness (QED) is 0.577. The Kier molecular flexibility index (Phi) is 8.26. The molecule has 0 aromatic rings. The molecule has 0 rings (SSSR count). The van der Waals surface area contributed by atoms with Gasteiger partial charge in [0.1, 0.15) is 6.04 Å². The number of hydrogen-bond donors (Lipinski definition) is 1. The van der Waals surface area contributed by atoms with E-state index in [2.05, 4.69) is 5.32 Å². The van der Waals surface area contributed by atoms with Gasteiger partial charge < -0.3 is 14.8 Å². The Bertz CT molecular complexity index is 307. The third-order valence-electron chi connectivity index (χ3n) is 2.57. The molecule has 0 aromatic heterocycles. The summed E-state index contributed by atoms with van der Waals surface area (Å²) in [5, 5.41) is 2.58. The highest BCUT2D eigenvalue weighted by molar-refractivity contribution is 5.81. The molecule has 20 heavy (non-hydrogen) atoms. The summed E-state index contributed by atoms with van der Waals surface area (Å²) in [6, 6.07) is -0.667. The van der Waals surface area contributed by atoms with E-state index in [1.54, 1.807) is 0 Å². The highest BCUT2D eigenvalue weighted by atomic mass is 16.6. The highest BCUT2D eigenvalue weighted by Crippen LogP contribution is 2.13. The maximum atomic E-state index is 11.9. The van der Waals surface area contributed by atoms with Crippen LogP contribution in [0.25, 0.3) is 0 Å². The van der Waals surface area contributed by atoms with E-state index in [0.717, 1.165) is 12.8 Å². The van der Waals surface area contributed by atoms with Crippen LogP contribution in [0.5, 0.6) is 0 Å². The molecule has 0 spiro atoms. The first-order chi connectivity index (χ1) is 9.17. The molecule has 0 aromatic carbocycles. The number of rotatable bonds is 7. The summed E-state index contributed by atoms with van der Waals surface area (Å²) in [4.78, 5) is 23.6. The first-order valence-electron chi connectivity index (χ1n) is 7.27. The standard InChI is InChI=1S/C15H29NO4/c1-7-8-9-19-13(17)12(11(2)3)16-14(18)20-10-15(4,5)6/h11-12H,7-10H2,1-6H3,(H,16,18). The van der Waals surface area contributed by atoms with Crippen LogP contribution in [0.3, 0.4) is 0 Å². The third kappa shape index (κ3) is 8.77. The fourth-order valence-electron chi connectivity index (χ4n) is 1.36. The molecule has 1 atom stereocenters. The van der Waals surface area contributed by atoms with Crippen LogP contribution in [0.15, 0.2) is 0 Å². The lowest BCUT2D eigenvalue weighted by atomic mass is 9.99. The number of amides is 1. The van der Waals surface area contributed by atoms with E-state index in [1.165, 1.54) is 0 Å². The van der Waals surface area contributed by atoms with Gasteiger partial charge in [-0.15, -0.1) is 0 Å². The number of ether oxygens (including phenoxy) is 2. The molecule has 0 radical (unpaired) electrons. The van der Waals surface area contributed by atoms with Crippen molar-refractivity contribution in [2.75, 3.05) is 13.2 Å². The molecule has 0 saturated carbocycles. The summed E-state index contributed by atoms with van der Waals surface area (Å²) in [5.74, 6) is -0.451. The second-order valence-electron chi connectivity index (χ2n) is 6.52. The van der Waals surface area contributed by atoms with Crippen molar-refractivity contribution in [3.05, 3.63) is 0 Å². The highest BCUT2D eigenvalue weighted by Gasteiger charge is 2.26. The normalized spacial score (nSPS) is 12.9. The van der Waals surface area contributed by atoms with Crippen LogP contribution in [0.1, 0.15) is 54.4 Å². The monoisotopic (exact) mass is 287 g/mol. The van der Waals surface area contributed by atoms with Crippen LogP contribution in [-0.2, 0) is 14.3 Å². The minimum Gasteiger partial charge on any atom is -0.464 e. The van der Waals surface area contributed by atoms with E-state index < -0.39 is 18.1 Å². The zero-order valence-electron chi connectivity index (χ0n) is 13.6.